The number of nitrogens with one attached hydrogen (secondary N) is 2. The summed E-state index contributed by atoms with van der Waals surface area (Å²) >= 11 is 0. The van der Waals surface area contributed by atoms with Gasteiger partial charge in [0.1, 0.15) is 16.5 Å². The molecular formula is C30H23F2N7O4S. The van der Waals surface area contributed by atoms with Crippen LogP contribution in [0.15, 0.2) is 84.3 Å². The van der Waals surface area contributed by atoms with Gasteiger partial charge in [-0.1, -0.05) is 12.1 Å². The summed E-state index contributed by atoms with van der Waals surface area (Å²) in [5.74, 6) is -1.49. The molecule has 0 bridgehead atoms. The van der Waals surface area contributed by atoms with Crippen LogP contribution >= 0.6 is 0 Å². The minimum absolute atomic E-state index is 0.0283. The van der Waals surface area contributed by atoms with Crippen LogP contribution in [0.5, 0.6) is 11.6 Å². The highest BCUT2D eigenvalue weighted by Crippen LogP contribution is 2.30. The number of aromatic nitrogens is 5. The van der Waals surface area contributed by atoms with E-state index in [2.05, 4.69) is 24.8 Å². The van der Waals surface area contributed by atoms with E-state index in [0.717, 1.165) is 18.5 Å². The number of hydrogen-bond acceptors (Lipinski definition) is 8. The molecule has 0 saturated heterocycles. The van der Waals surface area contributed by atoms with E-state index < -0.39 is 27.4 Å². The number of sulfonamides is 1. The van der Waals surface area contributed by atoms with Gasteiger partial charge in [0.2, 0.25) is 11.7 Å². The number of aryl methyl sites for hydroxylation is 2. The van der Waals surface area contributed by atoms with E-state index in [1.54, 1.807) is 50.2 Å². The summed E-state index contributed by atoms with van der Waals surface area (Å²) in [7, 11) is -4.12. The van der Waals surface area contributed by atoms with Crippen LogP contribution in [0.25, 0.3) is 16.6 Å². The van der Waals surface area contributed by atoms with Gasteiger partial charge in [-0.05, 0) is 61.4 Å². The van der Waals surface area contributed by atoms with Gasteiger partial charge >= 0.3 is 0 Å². The van der Waals surface area contributed by atoms with Gasteiger partial charge in [-0.15, -0.1) is 0 Å². The first-order valence-electron chi connectivity index (χ1n) is 13.0. The minimum atomic E-state index is -4.12. The first kappa shape index (κ1) is 28.5. The lowest BCUT2D eigenvalue weighted by Gasteiger charge is -2.11. The standard InChI is InChI=1S/C30H23F2N7O4S/c1-16-7-18-9-25(37-24(18)11-23(16)38-44(41,42)20-10-19(31)12-34-13-20)29(40)21-14-36-39(30(21)33)26-15-35-28(8-17(26)2)43-27-6-4-3-5-22(27)32/h3-15,37-38H,33H2,1-2H3. The first-order chi connectivity index (χ1) is 21.0. The smallest absolute Gasteiger partial charge is 0.263 e. The van der Waals surface area contributed by atoms with Crippen molar-refractivity contribution in [1.82, 2.24) is 24.7 Å². The van der Waals surface area contributed by atoms with Gasteiger partial charge in [0.25, 0.3) is 10.0 Å². The van der Waals surface area contributed by atoms with Crippen LogP contribution in [-0.2, 0) is 10.0 Å². The Balaban J connectivity index is 1.26. The molecule has 0 amide bonds. The van der Waals surface area contributed by atoms with Crippen molar-refractivity contribution in [2.45, 2.75) is 18.7 Å². The topological polar surface area (TPSA) is 158 Å². The number of halogens is 2. The molecule has 2 aromatic carbocycles. The fourth-order valence-corrected chi connectivity index (χ4v) is 5.68. The number of rotatable bonds is 8. The summed E-state index contributed by atoms with van der Waals surface area (Å²) < 4.78 is 62.5. The van der Waals surface area contributed by atoms with Crippen molar-refractivity contribution in [3.8, 4) is 17.3 Å². The molecule has 14 heteroatoms. The second-order valence-electron chi connectivity index (χ2n) is 9.91. The molecule has 222 valence electrons. The molecule has 0 aliphatic carbocycles. The average molecular weight is 616 g/mol. The molecule has 0 saturated carbocycles. The maximum atomic E-state index is 14.0. The Morgan fingerprint density at radius 2 is 1.80 bits per heavy atom. The largest absolute Gasteiger partial charge is 0.436 e. The van der Waals surface area contributed by atoms with Crippen LogP contribution in [0.2, 0.25) is 0 Å². The molecule has 0 aliphatic heterocycles. The van der Waals surface area contributed by atoms with E-state index in [0.29, 0.717) is 27.7 Å². The second kappa shape index (κ2) is 10.9. The third-order valence-corrected chi connectivity index (χ3v) is 8.17. The lowest BCUT2D eigenvalue weighted by atomic mass is 10.1. The fourth-order valence-electron chi connectivity index (χ4n) is 4.58. The number of carbonyl (C=O) groups is 1. The lowest BCUT2D eigenvalue weighted by molar-refractivity contribution is 0.103. The molecule has 0 spiro atoms. The number of ketones is 1. The number of nitrogens with zero attached hydrogens (tertiary/aromatic N) is 4. The zero-order chi connectivity index (χ0) is 31.2. The number of hydrogen-bond donors (Lipinski definition) is 3. The van der Waals surface area contributed by atoms with Gasteiger partial charge in [-0.2, -0.15) is 5.10 Å². The molecule has 6 rings (SSSR count). The van der Waals surface area contributed by atoms with E-state index in [4.69, 9.17) is 10.5 Å². The number of carbonyl (C=O) groups excluding carboxylic acids is 1. The zero-order valence-corrected chi connectivity index (χ0v) is 24.0. The number of anilines is 2. The Hall–Kier alpha value is -5.63. The SMILES string of the molecule is Cc1cc2cc(C(=O)c3cnn(-c4cnc(Oc5ccccc5F)cc4C)c3N)[nH]c2cc1NS(=O)(=O)c1cncc(F)c1. The monoisotopic (exact) mass is 615 g/mol. The van der Waals surface area contributed by atoms with Gasteiger partial charge in [0, 0.05) is 23.2 Å². The molecule has 4 N–H and O–H groups in total. The van der Waals surface area contributed by atoms with Gasteiger partial charge in [0.15, 0.2) is 11.6 Å². The fraction of sp³-hybridized carbons (Fsp3) is 0.0667. The number of ether oxygens (including phenoxy) is 1. The number of H-pyrrole nitrogens is 1. The molecule has 44 heavy (non-hydrogen) atoms. The molecule has 0 fully saturated rings. The van der Waals surface area contributed by atoms with Crippen LogP contribution in [0, 0.1) is 25.5 Å². The number of benzene rings is 2. The van der Waals surface area contributed by atoms with Crippen molar-refractivity contribution in [2.24, 2.45) is 0 Å². The van der Waals surface area contributed by atoms with Crippen molar-refractivity contribution in [1.29, 1.82) is 0 Å². The molecule has 11 nitrogen and oxygen atoms in total. The molecule has 4 heterocycles. The van der Waals surface area contributed by atoms with Gasteiger partial charge in [-0.25, -0.2) is 26.9 Å². The average Bonchev–Trinajstić information content (AvgIpc) is 3.57. The number of fused-ring (bicyclic) bond motifs is 1. The third-order valence-electron chi connectivity index (χ3n) is 6.83. The highest BCUT2D eigenvalue weighted by atomic mass is 32.2. The van der Waals surface area contributed by atoms with Crippen molar-refractivity contribution in [2.75, 3.05) is 10.5 Å². The highest BCUT2D eigenvalue weighted by molar-refractivity contribution is 7.92. The molecule has 0 aliphatic rings. The van der Waals surface area contributed by atoms with Crippen molar-refractivity contribution in [3.63, 3.8) is 0 Å². The molecule has 0 radical (unpaired) electrons. The maximum Gasteiger partial charge on any atom is 0.263 e. The summed E-state index contributed by atoms with van der Waals surface area (Å²) in [6, 6.07) is 13.3. The number of para-hydroxylation sites is 1. The predicted octanol–water partition coefficient (Wildman–Crippen LogP) is 5.44. The number of nitrogen functional groups attached to an aromatic ring is 1. The minimum Gasteiger partial charge on any atom is -0.436 e. The van der Waals surface area contributed by atoms with E-state index >= 15 is 0 Å². The van der Waals surface area contributed by atoms with Gasteiger partial charge in [0.05, 0.1) is 41.2 Å². The van der Waals surface area contributed by atoms with Crippen molar-refractivity contribution < 1.29 is 26.7 Å². The Morgan fingerprint density at radius 3 is 2.55 bits per heavy atom. The maximum absolute atomic E-state index is 14.0. The molecule has 0 unspecified atom stereocenters. The van der Waals surface area contributed by atoms with Gasteiger partial charge < -0.3 is 15.5 Å². The van der Waals surface area contributed by atoms with Crippen molar-refractivity contribution in [3.05, 3.63) is 113 Å². The lowest BCUT2D eigenvalue weighted by Crippen LogP contribution is -2.14. The van der Waals surface area contributed by atoms with Crippen molar-refractivity contribution >= 4 is 38.2 Å². The Kier molecular flexibility index (Phi) is 7.05. The quantitative estimate of drug-likeness (QED) is 0.191. The third kappa shape index (κ3) is 5.33. The Bertz CT molecular complexity index is 2200. The number of nitrogens with two attached hydrogens (primary N) is 1. The Morgan fingerprint density at radius 1 is 1.00 bits per heavy atom. The van der Waals surface area contributed by atoms with Crippen LogP contribution in [0.4, 0.5) is 20.3 Å². The summed E-state index contributed by atoms with van der Waals surface area (Å²) in [5.41, 5.74) is 9.10. The van der Waals surface area contributed by atoms with E-state index in [1.807, 2.05) is 0 Å². The zero-order valence-electron chi connectivity index (χ0n) is 23.2. The molecule has 6 aromatic rings. The number of pyridine rings is 2. The van der Waals surface area contributed by atoms with Crippen LogP contribution in [-0.4, -0.2) is 38.9 Å². The summed E-state index contributed by atoms with van der Waals surface area (Å²) in [6.45, 7) is 3.46. The normalized spacial score (nSPS) is 11.5. The Labute approximate surface area is 249 Å². The van der Waals surface area contributed by atoms with Crippen LogP contribution < -0.4 is 15.2 Å². The summed E-state index contributed by atoms with van der Waals surface area (Å²) in [4.78, 5) is 24.0. The molecular weight excluding hydrogens is 592 g/mol. The number of aromatic amines is 1. The van der Waals surface area contributed by atoms with Crippen LogP contribution in [0.1, 0.15) is 27.2 Å². The summed E-state index contributed by atoms with van der Waals surface area (Å²) in [6.07, 6.45) is 4.74. The predicted molar refractivity (Wildman–Crippen MR) is 158 cm³/mol. The van der Waals surface area contributed by atoms with E-state index in [1.165, 1.54) is 29.2 Å². The van der Waals surface area contributed by atoms with Gasteiger partial charge in [-0.3, -0.25) is 14.5 Å². The molecule has 4 aromatic heterocycles. The van der Waals surface area contributed by atoms with Crippen LogP contribution in [0.3, 0.4) is 0 Å². The highest BCUT2D eigenvalue weighted by Gasteiger charge is 2.22. The second-order valence-corrected chi connectivity index (χ2v) is 11.6. The summed E-state index contributed by atoms with van der Waals surface area (Å²) in [5, 5.41) is 4.94. The van der Waals surface area contributed by atoms with E-state index in [9.17, 15) is 22.0 Å². The first-order valence-corrected chi connectivity index (χ1v) is 14.5. The molecule has 0 atom stereocenters. The van der Waals surface area contributed by atoms with E-state index in [-0.39, 0.29) is 39.3 Å².